The molecule has 2 N–H and O–H groups in total. The predicted molar refractivity (Wildman–Crippen MR) is 51.5 cm³/mol. The highest BCUT2D eigenvalue weighted by atomic mass is 16.4. The molecule has 0 saturated heterocycles. The Balaban J connectivity index is 5.01. The Hall–Kier alpha value is -1.08. The number of carbonyl (C=O) groups is 1. The molecule has 0 bridgehead atoms. The Bertz CT molecular complexity index is 249. The number of nitrogens with zero attached hydrogens (tertiary/aromatic N) is 1. The minimum Gasteiger partial charge on any atom is -0.481 e. The van der Waals surface area contributed by atoms with Crippen LogP contribution in [-0.4, -0.2) is 21.8 Å². The molecule has 0 amide bonds. The van der Waals surface area contributed by atoms with E-state index in [2.05, 4.69) is 0 Å². The fourth-order valence-corrected chi connectivity index (χ4v) is 1.53. The predicted octanol–water partition coefficient (Wildman–Crippen LogP) is 1.54. The van der Waals surface area contributed by atoms with Crippen molar-refractivity contribution in [1.29, 1.82) is 5.26 Å². The molecule has 4 nitrogen and oxygen atoms in total. The van der Waals surface area contributed by atoms with Crippen LogP contribution in [0.2, 0.25) is 0 Å². The normalized spacial score (nSPS) is 15.6. The SMILES string of the molecule is CCCC(C#N)(CC(=O)O)C(C)(C)O. The van der Waals surface area contributed by atoms with E-state index in [4.69, 9.17) is 10.4 Å². The van der Waals surface area contributed by atoms with Crippen LogP contribution < -0.4 is 0 Å². The topological polar surface area (TPSA) is 81.3 Å². The van der Waals surface area contributed by atoms with Gasteiger partial charge in [-0.1, -0.05) is 13.3 Å². The molecule has 1 unspecified atom stereocenters. The maximum absolute atomic E-state index is 10.6. The number of hydrogen-bond donors (Lipinski definition) is 2. The molecule has 0 heterocycles. The van der Waals surface area contributed by atoms with Gasteiger partial charge in [0.25, 0.3) is 0 Å². The first-order valence-corrected chi connectivity index (χ1v) is 4.64. The van der Waals surface area contributed by atoms with E-state index >= 15 is 0 Å². The fourth-order valence-electron chi connectivity index (χ4n) is 1.53. The summed E-state index contributed by atoms with van der Waals surface area (Å²) in [5.41, 5.74) is -2.48. The van der Waals surface area contributed by atoms with Gasteiger partial charge in [0.1, 0.15) is 0 Å². The van der Waals surface area contributed by atoms with Gasteiger partial charge in [0, 0.05) is 0 Å². The minimum atomic E-state index is -1.30. The zero-order chi connectivity index (χ0) is 11.4. The van der Waals surface area contributed by atoms with Gasteiger partial charge < -0.3 is 10.2 Å². The van der Waals surface area contributed by atoms with Gasteiger partial charge in [-0.15, -0.1) is 0 Å². The lowest BCUT2D eigenvalue weighted by molar-refractivity contribution is -0.143. The van der Waals surface area contributed by atoms with Crippen LogP contribution in [0.4, 0.5) is 0 Å². The number of nitriles is 1. The molecule has 0 aromatic rings. The number of aliphatic hydroxyl groups is 1. The Kier molecular flexibility index (Phi) is 4.08. The molecule has 0 aliphatic carbocycles. The van der Waals surface area contributed by atoms with Crippen LogP contribution in [0.3, 0.4) is 0 Å². The van der Waals surface area contributed by atoms with Crippen LogP contribution in [0.25, 0.3) is 0 Å². The van der Waals surface area contributed by atoms with E-state index in [0.717, 1.165) is 0 Å². The zero-order valence-corrected chi connectivity index (χ0v) is 8.87. The van der Waals surface area contributed by atoms with Crippen LogP contribution in [-0.2, 0) is 4.79 Å². The third kappa shape index (κ3) is 2.71. The zero-order valence-electron chi connectivity index (χ0n) is 8.87. The molecule has 0 aromatic heterocycles. The molecule has 0 aliphatic heterocycles. The van der Waals surface area contributed by atoms with Crippen molar-refractivity contribution in [1.82, 2.24) is 0 Å². The van der Waals surface area contributed by atoms with Gasteiger partial charge in [-0.3, -0.25) is 4.79 Å². The molecule has 0 radical (unpaired) electrons. The lowest BCUT2D eigenvalue weighted by Crippen LogP contribution is -2.44. The largest absolute Gasteiger partial charge is 0.481 e. The lowest BCUT2D eigenvalue weighted by atomic mass is 9.69. The van der Waals surface area contributed by atoms with E-state index in [1.807, 2.05) is 13.0 Å². The molecular formula is C10H17NO3. The number of aliphatic carboxylic acids is 1. The molecule has 80 valence electrons. The van der Waals surface area contributed by atoms with Gasteiger partial charge in [0.15, 0.2) is 0 Å². The summed E-state index contributed by atoms with van der Waals surface area (Å²) in [6, 6.07) is 1.96. The molecule has 0 aromatic carbocycles. The second-order valence-electron chi connectivity index (χ2n) is 4.07. The molecule has 1 atom stereocenters. The highest BCUT2D eigenvalue weighted by Gasteiger charge is 2.45. The molecule has 4 heteroatoms. The second-order valence-corrected chi connectivity index (χ2v) is 4.07. The highest BCUT2D eigenvalue weighted by Crippen LogP contribution is 2.38. The summed E-state index contributed by atoms with van der Waals surface area (Å²) in [6.07, 6.45) is 0.741. The molecule has 0 fully saturated rings. The summed E-state index contributed by atoms with van der Waals surface area (Å²) in [4.78, 5) is 10.6. The number of carboxylic acids is 1. The van der Waals surface area contributed by atoms with Crippen molar-refractivity contribution < 1.29 is 15.0 Å². The summed E-state index contributed by atoms with van der Waals surface area (Å²) >= 11 is 0. The van der Waals surface area contributed by atoms with Crippen molar-refractivity contribution in [3.8, 4) is 6.07 Å². The number of carboxylic acid groups (broad SMARTS) is 1. The van der Waals surface area contributed by atoms with Crippen LogP contribution in [0.5, 0.6) is 0 Å². The van der Waals surface area contributed by atoms with Gasteiger partial charge in [-0.2, -0.15) is 5.26 Å². The Morgan fingerprint density at radius 1 is 1.50 bits per heavy atom. The van der Waals surface area contributed by atoms with E-state index in [-0.39, 0.29) is 6.42 Å². The van der Waals surface area contributed by atoms with Crippen molar-refractivity contribution in [3.63, 3.8) is 0 Å². The third-order valence-corrected chi connectivity index (χ3v) is 2.51. The summed E-state index contributed by atoms with van der Waals surface area (Å²) in [6.45, 7) is 4.82. The first-order valence-electron chi connectivity index (χ1n) is 4.64. The van der Waals surface area contributed by atoms with Crippen molar-refractivity contribution in [2.75, 3.05) is 0 Å². The van der Waals surface area contributed by atoms with Crippen molar-refractivity contribution in [2.45, 2.75) is 45.6 Å². The van der Waals surface area contributed by atoms with Crippen LogP contribution in [0.15, 0.2) is 0 Å². The van der Waals surface area contributed by atoms with Crippen LogP contribution >= 0.6 is 0 Å². The molecule has 0 saturated carbocycles. The van der Waals surface area contributed by atoms with Crippen molar-refractivity contribution in [2.24, 2.45) is 5.41 Å². The van der Waals surface area contributed by atoms with E-state index in [9.17, 15) is 9.90 Å². The summed E-state index contributed by atoms with van der Waals surface area (Å²) in [7, 11) is 0. The van der Waals surface area contributed by atoms with E-state index in [1.165, 1.54) is 13.8 Å². The second kappa shape index (κ2) is 4.43. The molecule has 0 rings (SSSR count). The average Bonchev–Trinajstić information content (AvgIpc) is 2.00. The first-order chi connectivity index (χ1) is 6.29. The van der Waals surface area contributed by atoms with Gasteiger partial charge in [0.2, 0.25) is 0 Å². The van der Waals surface area contributed by atoms with Gasteiger partial charge in [0.05, 0.1) is 23.5 Å². The van der Waals surface area contributed by atoms with Gasteiger partial charge >= 0.3 is 5.97 Å². The van der Waals surface area contributed by atoms with Crippen molar-refractivity contribution >= 4 is 5.97 Å². The average molecular weight is 199 g/mol. The maximum Gasteiger partial charge on any atom is 0.305 e. The minimum absolute atomic E-state index is 0.319. The number of hydrogen-bond acceptors (Lipinski definition) is 3. The Labute approximate surface area is 84.2 Å². The summed E-state index contributed by atoms with van der Waals surface area (Å²) < 4.78 is 0. The Morgan fingerprint density at radius 3 is 2.21 bits per heavy atom. The molecular weight excluding hydrogens is 182 g/mol. The van der Waals surface area contributed by atoms with E-state index < -0.39 is 17.0 Å². The quantitative estimate of drug-likeness (QED) is 0.703. The lowest BCUT2D eigenvalue weighted by Gasteiger charge is -2.36. The fraction of sp³-hybridized carbons (Fsp3) is 0.800. The monoisotopic (exact) mass is 199 g/mol. The van der Waals surface area contributed by atoms with Crippen molar-refractivity contribution in [3.05, 3.63) is 0 Å². The maximum atomic E-state index is 10.6. The van der Waals surface area contributed by atoms with E-state index in [0.29, 0.717) is 12.8 Å². The van der Waals surface area contributed by atoms with Crippen LogP contribution in [0, 0.1) is 16.7 Å². The molecule has 0 aliphatic rings. The van der Waals surface area contributed by atoms with E-state index in [1.54, 1.807) is 0 Å². The molecule has 14 heavy (non-hydrogen) atoms. The first kappa shape index (κ1) is 12.9. The molecule has 0 spiro atoms. The van der Waals surface area contributed by atoms with Crippen LogP contribution in [0.1, 0.15) is 40.0 Å². The Morgan fingerprint density at radius 2 is 2.00 bits per heavy atom. The smallest absolute Gasteiger partial charge is 0.305 e. The summed E-state index contributed by atoms with van der Waals surface area (Å²) in [5, 5.41) is 27.5. The third-order valence-electron chi connectivity index (χ3n) is 2.51. The van der Waals surface area contributed by atoms with Gasteiger partial charge in [-0.25, -0.2) is 0 Å². The van der Waals surface area contributed by atoms with Gasteiger partial charge in [-0.05, 0) is 20.3 Å². The summed E-state index contributed by atoms with van der Waals surface area (Å²) in [5.74, 6) is -1.05. The highest BCUT2D eigenvalue weighted by molar-refractivity contribution is 5.68. The number of rotatable bonds is 5. The standard InChI is InChI=1S/C10H17NO3/c1-4-5-10(7-11,6-8(12)13)9(2,3)14/h14H,4-6H2,1-3H3,(H,12,13).